The van der Waals surface area contributed by atoms with Crippen LogP contribution < -0.4 is 10.2 Å². The van der Waals surface area contributed by atoms with Crippen LogP contribution in [0.1, 0.15) is 26.3 Å². The Morgan fingerprint density at radius 1 is 1.47 bits per heavy atom. The molecular weight excluding hydrogens is 262 g/mol. The van der Waals surface area contributed by atoms with Crippen LogP contribution in [0, 0.1) is 11.3 Å². The average molecular weight is 280 g/mol. The minimum Gasteiger partial charge on any atom is -0.365 e. The molecule has 0 aliphatic rings. The number of hydrogen-bond acceptors (Lipinski definition) is 3. The number of halogens is 1. The Morgan fingerprint density at radius 3 is 2.58 bits per heavy atom. The van der Waals surface area contributed by atoms with Gasteiger partial charge in [0.1, 0.15) is 6.07 Å². The summed E-state index contributed by atoms with van der Waals surface area (Å²) in [6, 6.07) is 7.11. The van der Waals surface area contributed by atoms with Gasteiger partial charge in [-0.25, -0.2) is 0 Å². The molecule has 0 spiro atoms. The Labute approximate surface area is 119 Å². The summed E-state index contributed by atoms with van der Waals surface area (Å²) in [5, 5.41) is 12.1. The fourth-order valence-corrected chi connectivity index (χ4v) is 1.81. The van der Waals surface area contributed by atoms with Gasteiger partial charge in [-0.3, -0.25) is 4.79 Å². The van der Waals surface area contributed by atoms with Crippen molar-refractivity contribution in [1.82, 2.24) is 5.32 Å². The molecule has 1 amide bonds. The van der Waals surface area contributed by atoms with Crippen molar-refractivity contribution in [2.75, 3.05) is 18.5 Å². The maximum Gasteiger partial charge on any atom is 0.239 e. The molecule has 0 atom stereocenters. The van der Waals surface area contributed by atoms with E-state index in [9.17, 15) is 4.79 Å². The SMILES string of the molecule is CN(CC(=O)NC(C)(C)C)c1ccc(C#N)c(Cl)c1. The second kappa shape index (κ2) is 5.94. The number of benzene rings is 1. The molecule has 1 rings (SSSR count). The van der Waals surface area contributed by atoms with Crippen molar-refractivity contribution in [1.29, 1.82) is 5.26 Å². The fraction of sp³-hybridized carbons (Fsp3) is 0.429. The summed E-state index contributed by atoms with van der Waals surface area (Å²) in [6.07, 6.45) is 0. The van der Waals surface area contributed by atoms with Crippen LogP contribution in [0.2, 0.25) is 5.02 Å². The third kappa shape index (κ3) is 4.80. The van der Waals surface area contributed by atoms with E-state index in [1.807, 2.05) is 26.8 Å². The van der Waals surface area contributed by atoms with Gasteiger partial charge in [0, 0.05) is 18.3 Å². The molecule has 0 unspecified atom stereocenters. The molecule has 0 radical (unpaired) electrons. The first-order chi connectivity index (χ1) is 8.73. The van der Waals surface area contributed by atoms with Gasteiger partial charge in [0.2, 0.25) is 5.91 Å². The van der Waals surface area contributed by atoms with E-state index < -0.39 is 0 Å². The molecule has 102 valence electrons. The van der Waals surface area contributed by atoms with E-state index >= 15 is 0 Å². The van der Waals surface area contributed by atoms with Gasteiger partial charge >= 0.3 is 0 Å². The first-order valence-corrected chi connectivity index (χ1v) is 6.32. The number of nitrogens with one attached hydrogen (secondary N) is 1. The molecule has 0 saturated heterocycles. The third-order valence-electron chi connectivity index (χ3n) is 2.41. The maximum atomic E-state index is 11.8. The fourth-order valence-electron chi connectivity index (χ4n) is 1.60. The van der Waals surface area contributed by atoms with Crippen molar-refractivity contribution in [3.63, 3.8) is 0 Å². The lowest BCUT2D eigenvalue weighted by molar-refractivity contribution is -0.121. The molecule has 0 heterocycles. The van der Waals surface area contributed by atoms with Gasteiger partial charge in [-0.15, -0.1) is 0 Å². The van der Waals surface area contributed by atoms with Gasteiger partial charge < -0.3 is 10.2 Å². The van der Waals surface area contributed by atoms with Crippen molar-refractivity contribution < 1.29 is 4.79 Å². The molecule has 0 aliphatic carbocycles. The highest BCUT2D eigenvalue weighted by Crippen LogP contribution is 2.22. The normalized spacial score (nSPS) is 10.7. The first-order valence-electron chi connectivity index (χ1n) is 5.95. The van der Waals surface area contributed by atoms with Gasteiger partial charge in [0.25, 0.3) is 0 Å². The molecule has 1 aromatic rings. The van der Waals surface area contributed by atoms with Gasteiger partial charge in [0.05, 0.1) is 17.1 Å². The van der Waals surface area contributed by atoms with Crippen LogP contribution in [0.4, 0.5) is 5.69 Å². The van der Waals surface area contributed by atoms with E-state index in [2.05, 4.69) is 5.32 Å². The molecule has 0 aromatic heterocycles. The van der Waals surface area contributed by atoms with Crippen molar-refractivity contribution in [3.05, 3.63) is 28.8 Å². The van der Waals surface area contributed by atoms with Crippen LogP contribution in [0.3, 0.4) is 0 Å². The van der Waals surface area contributed by atoms with Crippen LogP contribution in [-0.4, -0.2) is 25.0 Å². The predicted molar refractivity (Wildman–Crippen MR) is 77.3 cm³/mol. The van der Waals surface area contributed by atoms with Gasteiger partial charge in [-0.2, -0.15) is 5.26 Å². The Hall–Kier alpha value is -1.73. The number of rotatable bonds is 3. The highest BCUT2D eigenvalue weighted by molar-refractivity contribution is 6.32. The molecular formula is C14H18ClN3O. The smallest absolute Gasteiger partial charge is 0.239 e. The second-order valence-corrected chi connectivity index (χ2v) is 5.84. The second-order valence-electron chi connectivity index (χ2n) is 5.43. The van der Waals surface area contributed by atoms with E-state index in [1.165, 1.54) is 0 Å². The Bertz CT molecular complexity index is 514. The zero-order valence-corrected chi connectivity index (χ0v) is 12.4. The minimum atomic E-state index is -0.250. The molecule has 0 saturated carbocycles. The van der Waals surface area contributed by atoms with E-state index in [4.69, 9.17) is 16.9 Å². The standard InChI is InChI=1S/C14H18ClN3O/c1-14(2,3)17-13(19)9-18(4)11-6-5-10(8-16)12(15)7-11/h5-7H,9H2,1-4H3,(H,17,19). The number of likely N-dealkylation sites (N-methyl/N-ethyl adjacent to an activating group) is 1. The van der Waals surface area contributed by atoms with Crippen molar-refractivity contribution in [2.45, 2.75) is 26.3 Å². The molecule has 1 N–H and O–H groups in total. The maximum absolute atomic E-state index is 11.8. The van der Waals surface area contributed by atoms with E-state index in [-0.39, 0.29) is 18.0 Å². The van der Waals surface area contributed by atoms with E-state index in [0.29, 0.717) is 10.6 Å². The number of carbonyl (C=O) groups is 1. The minimum absolute atomic E-state index is 0.0597. The van der Waals surface area contributed by atoms with Crippen molar-refractivity contribution in [2.24, 2.45) is 0 Å². The van der Waals surface area contributed by atoms with Crippen LogP contribution in [-0.2, 0) is 4.79 Å². The van der Waals surface area contributed by atoms with E-state index in [0.717, 1.165) is 5.69 Å². The third-order valence-corrected chi connectivity index (χ3v) is 2.72. The number of carbonyl (C=O) groups excluding carboxylic acids is 1. The van der Waals surface area contributed by atoms with Crippen molar-refractivity contribution >= 4 is 23.2 Å². The summed E-state index contributed by atoms with van der Waals surface area (Å²) < 4.78 is 0. The summed E-state index contributed by atoms with van der Waals surface area (Å²) in [6.45, 7) is 6.04. The summed E-state index contributed by atoms with van der Waals surface area (Å²) >= 11 is 5.97. The van der Waals surface area contributed by atoms with Gasteiger partial charge in [-0.05, 0) is 39.0 Å². The van der Waals surface area contributed by atoms with Crippen LogP contribution >= 0.6 is 11.6 Å². The van der Waals surface area contributed by atoms with Crippen molar-refractivity contribution in [3.8, 4) is 6.07 Å². The van der Waals surface area contributed by atoms with Gasteiger partial charge in [0.15, 0.2) is 0 Å². The van der Waals surface area contributed by atoms with Gasteiger partial charge in [-0.1, -0.05) is 11.6 Å². The summed E-state index contributed by atoms with van der Waals surface area (Å²) in [5.74, 6) is -0.0597. The highest BCUT2D eigenvalue weighted by atomic mass is 35.5. The van der Waals surface area contributed by atoms with Crippen LogP contribution in [0.5, 0.6) is 0 Å². The monoisotopic (exact) mass is 279 g/mol. The lowest BCUT2D eigenvalue weighted by Gasteiger charge is -2.24. The number of nitrogens with zero attached hydrogens (tertiary/aromatic N) is 2. The Kier molecular flexibility index (Phi) is 4.79. The largest absolute Gasteiger partial charge is 0.365 e. The number of anilines is 1. The molecule has 4 nitrogen and oxygen atoms in total. The molecule has 19 heavy (non-hydrogen) atoms. The summed E-state index contributed by atoms with van der Waals surface area (Å²) in [5.41, 5.74) is 0.978. The lowest BCUT2D eigenvalue weighted by Crippen LogP contribution is -2.45. The number of amides is 1. The number of nitriles is 1. The molecule has 5 heteroatoms. The highest BCUT2D eigenvalue weighted by Gasteiger charge is 2.15. The first kappa shape index (κ1) is 15.3. The number of hydrogen-bond donors (Lipinski definition) is 1. The molecule has 0 fully saturated rings. The predicted octanol–water partition coefficient (Wildman–Crippen LogP) is 2.56. The summed E-state index contributed by atoms with van der Waals surface area (Å²) in [4.78, 5) is 13.6. The Morgan fingerprint density at radius 2 is 2.11 bits per heavy atom. The molecule has 0 bridgehead atoms. The van der Waals surface area contributed by atoms with E-state index in [1.54, 1.807) is 30.1 Å². The molecule has 0 aliphatic heterocycles. The topological polar surface area (TPSA) is 56.1 Å². The zero-order valence-electron chi connectivity index (χ0n) is 11.6. The van der Waals surface area contributed by atoms with Crippen LogP contribution in [0.25, 0.3) is 0 Å². The average Bonchev–Trinajstić information content (AvgIpc) is 2.26. The lowest BCUT2D eigenvalue weighted by atomic mass is 10.1. The quantitative estimate of drug-likeness (QED) is 0.925. The van der Waals surface area contributed by atoms with Crippen LogP contribution in [0.15, 0.2) is 18.2 Å². The molecule has 1 aromatic carbocycles. The Balaban J connectivity index is 2.74. The zero-order chi connectivity index (χ0) is 14.6. The summed E-state index contributed by atoms with van der Waals surface area (Å²) in [7, 11) is 1.81.